The maximum absolute atomic E-state index is 12.7. The molecular formula is C20H29ClN4O4. The summed E-state index contributed by atoms with van der Waals surface area (Å²) in [6.45, 7) is 1.47. The minimum Gasteiger partial charge on any atom is -0.388 e. The van der Waals surface area contributed by atoms with Crippen LogP contribution < -0.4 is 15.8 Å². The number of anilines is 1. The molecule has 0 unspecified atom stereocenters. The third kappa shape index (κ3) is 5.39. The van der Waals surface area contributed by atoms with Gasteiger partial charge in [-0.15, -0.1) is 0 Å². The molecule has 2 aliphatic rings. The van der Waals surface area contributed by atoms with Crippen LogP contribution in [0.5, 0.6) is 0 Å². The van der Waals surface area contributed by atoms with Gasteiger partial charge in [0.25, 0.3) is 5.91 Å². The predicted octanol–water partition coefficient (Wildman–Crippen LogP) is 2.51. The number of halogens is 1. The Kier molecular flexibility index (Phi) is 7.34. The van der Waals surface area contributed by atoms with Crippen LogP contribution in [0.15, 0.2) is 18.2 Å². The molecule has 3 N–H and O–H groups in total. The molecule has 1 aliphatic carbocycles. The van der Waals surface area contributed by atoms with E-state index in [0.29, 0.717) is 43.4 Å². The first-order valence-corrected chi connectivity index (χ1v) is 10.4. The predicted molar refractivity (Wildman–Crippen MR) is 111 cm³/mol. The topological polar surface area (TPSA) is 94.1 Å². The molecule has 1 aromatic rings. The number of nitrogens with zero attached hydrogens (tertiary/aromatic N) is 2. The molecule has 1 saturated carbocycles. The van der Waals surface area contributed by atoms with Gasteiger partial charge in [-0.1, -0.05) is 37.3 Å². The number of carbonyl (C=O) groups excluding carboxylic acids is 2. The molecular weight excluding hydrogens is 396 g/mol. The summed E-state index contributed by atoms with van der Waals surface area (Å²) in [6, 6.07) is 4.64. The number of aliphatic hydroxyl groups is 1. The lowest BCUT2D eigenvalue weighted by atomic mass is 9.94. The molecule has 1 saturated heterocycles. The lowest BCUT2D eigenvalue weighted by Gasteiger charge is -2.27. The molecule has 0 bridgehead atoms. The second kappa shape index (κ2) is 9.75. The van der Waals surface area contributed by atoms with E-state index in [1.807, 2.05) is 0 Å². The largest absolute Gasteiger partial charge is 0.388 e. The molecule has 2 fully saturated rings. The Morgan fingerprint density at radius 1 is 1.31 bits per heavy atom. The average Bonchev–Trinajstić information content (AvgIpc) is 2.93. The summed E-state index contributed by atoms with van der Waals surface area (Å²) in [5, 5.41) is 15.3. The smallest absolute Gasteiger partial charge is 0.340 e. The maximum atomic E-state index is 12.7. The van der Waals surface area contributed by atoms with Crippen LogP contribution in [-0.4, -0.2) is 61.0 Å². The summed E-state index contributed by atoms with van der Waals surface area (Å²) in [5.41, 5.74) is 2.93. The van der Waals surface area contributed by atoms with E-state index in [-0.39, 0.29) is 24.0 Å². The third-order valence-electron chi connectivity index (χ3n) is 5.51. The highest BCUT2D eigenvalue weighted by Crippen LogP contribution is 2.28. The second-order valence-corrected chi connectivity index (χ2v) is 8.08. The highest BCUT2D eigenvalue weighted by molar-refractivity contribution is 6.34. The summed E-state index contributed by atoms with van der Waals surface area (Å²) in [7, 11) is 1.58. The molecule has 9 heteroatoms. The first kappa shape index (κ1) is 21.8. The highest BCUT2D eigenvalue weighted by atomic mass is 35.5. The quantitative estimate of drug-likeness (QED) is 0.585. The fraction of sp³-hybridized carbons (Fsp3) is 0.600. The van der Waals surface area contributed by atoms with Crippen molar-refractivity contribution in [3.05, 3.63) is 28.8 Å². The number of hydrogen-bond donors (Lipinski definition) is 3. The van der Waals surface area contributed by atoms with Crippen LogP contribution in [0.25, 0.3) is 0 Å². The third-order valence-corrected chi connectivity index (χ3v) is 5.84. The normalized spacial score (nSPS) is 19.3. The molecule has 8 nitrogen and oxygen atoms in total. The van der Waals surface area contributed by atoms with Gasteiger partial charge >= 0.3 is 6.03 Å². The molecule has 1 heterocycles. The fourth-order valence-corrected chi connectivity index (χ4v) is 3.94. The molecule has 0 atom stereocenters. The average molecular weight is 425 g/mol. The Hall–Kier alpha value is -1.87. The summed E-state index contributed by atoms with van der Waals surface area (Å²) in [5.74, 6) is -0.364. The van der Waals surface area contributed by atoms with E-state index < -0.39 is 5.60 Å². The zero-order chi connectivity index (χ0) is 20.9. The van der Waals surface area contributed by atoms with Crippen molar-refractivity contribution in [1.82, 2.24) is 15.6 Å². The van der Waals surface area contributed by atoms with Crippen molar-refractivity contribution in [2.24, 2.45) is 0 Å². The zero-order valence-corrected chi connectivity index (χ0v) is 17.5. The van der Waals surface area contributed by atoms with E-state index in [0.717, 1.165) is 25.7 Å². The van der Waals surface area contributed by atoms with Gasteiger partial charge in [-0.25, -0.2) is 15.2 Å². The van der Waals surface area contributed by atoms with Gasteiger partial charge in [-0.2, -0.15) is 0 Å². The van der Waals surface area contributed by atoms with Gasteiger partial charge in [0.15, 0.2) is 0 Å². The van der Waals surface area contributed by atoms with Crippen molar-refractivity contribution in [3.63, 3.8) is 0 Å². The van der Waals surface area contributed by atoms with Crippen LogP contribution in [0, 0.1) is 0 Å². The van der Waals surface area contributed by atoms with Crippen LogP contribution in [0.3, 0.4) is 0 Å². The second-order valence-electron chi connectivity index (χ2n) is 7.68. The molecule has 0 radical (unpaired) electrons. The van der Waals surface area contributed by atoms with Crippen LogP contribution in [-0.2, 0) is 4.74 Å². The lowest BCUT2D eigenvalue weighted by molar-refractivity contribution is 0.0246. The Morgan fingerprint density at radius 3 is 2.72 bits per heavy atom. The van der Waals surface area contributed by atoms with Gasteiger partial charge < -0.3 is 20.1 Å². The minimum atomic E-state index is -0.870. The Morgan fingerprint density at radius 2 is 2.03 bits per heavy atom. The van der Waals surface area contributed by atoms with Gasteiger partial charge in [0.1, 0.15) is 0 Å². The minimum absolute atomic E-state index is 0.193. The van der Waals surface area contributed by atoms with Crippen molar-refractivity contribution < 1.29 is 19.4 Å². The molecule has 3 rings (SSSR count). The standard InChI is InChI=1S/C20H29ClN4O4/c1-29-11-10-24-14-23-25(19(24)27)15-6-7-17(21)16(12-15)18(26)22-13-20(28)8-4-2-3-5-9-20/h6-7,12,23,28H,2-5,8-11,13-14H2,1H3,(H,22,26). The van der Waals surface area contributed by atoms with Crippen LogP contribution in [0.2, 0.25) is 5.02 Å². The molecule has 160 valence electrons. The Bertz CT molecular complexity index is 737. The molecule has 1 aliphatic heterocycles. The molecule has 3 amide bonds. The number of rotatable bonds is 7. The highest BCUT2D eigenvalue weighted by Gasteiger charge is 2.31. The first-order valence-electron chi connectivity index (χ1n) is 10.1. The lowest BCUT2D eigenvalue weighted by Crippen LogP contribution is -2.42. The first-order chi connectivity index (χ1) is 13.9. The number of amides is 3. The van der Waals surface area contributed by atoms with Crippen molar-refractivity contribution in [3.8, 4) is 0 Å². The number of hydrazine groups is 1. The Balaban J connectivity index is 1.67. The van der Waals surface area contributed by atoms with Crippen molar-refractivity contribution in [1.29, 1.82) is 0 Å². The van der Waals surface area contributed by atoms with E-state index in [1.54, 1.807) is 30.2 Å². The van der Waals surface area contributed by atoms with Crippen molar-refractivity contribution >= 4 is 29.2 Å². The number of benzene rings is 1. The van der Waals surface area contributed by atoms with E-state index in [1.165, 1.54) is 5.01 Å². The van der Waals surface area contributed by atoms with Crippen LogP contribution in [0.1, 0.15) is 48.9 Å². The molecule has 0 spiro atoms. The Labute approximate surface area is 176 Å². The number of urea groups is 1. The summed E-state index contributed by atoms with van der Waals surface area (Å²) in [6.07, 6.45) is 5.52. The van der Waals surface area contributed by atoms with E-state index >= 15 is 0 Å². The molecule has 1 aromatic carbocycles. The summed E-state index contributed by atoms with van der Waals surface area (Å²) < 4.78 is 5.02. The molecule has 29 heavy (non-hydrogen) atoms. The fourth-order valence-electron chi connectivity index (χ4n) is 3.74. The van der Waals surface area contributed by atoms with Crippen LogP contribution in [0.4, 0.5) is 10.5 Å². The van der Waals surface area contributed by atoms with Gasteiger partial charge in [0, 0.05) is 20.2 Å². The van der Waals surface area contributed by atoms with Crippen molar-refractivity contribution in [2.45, 2.75) is 44.1 Å². The van der Waals surface area contributed by atoms with Crippen LogP contribution >= 0.6 is 11.6 Å². The van der Waals surface area contributed by atoms with Gasteiger partial charge in [-0.3, -0.25) is 4.79 Å². The summed E-state index contributed by atoms with van der Waals surface area (Å²) >= 11 is 6.24. The van der Waals surface area contributed by atoms with E-state index in [9.17, 15) is 14.7 Å². The monoisotopic (exact) mass is 424 g/mol. The van der Waals surface area contributed by atoms with E-state index in [4.69, 9.17) is 16.3 Å². The molecule has 0 aromatic heterocycles. The maximum Gasteiger partial charge on any atom is 0.340 e. The number of hydrogen-bond acceptors (Lipinski definition) is 5. The van der Waals surface area contributed by atoms with Crippen molar-refractivity contribution in [2.75, 3.05) is 38.5 Å². The number of carbonyl (C=O) groups is 2. The number of ether oxygens (including phenoxy) is 1. The zero-order valence-electron chi connectivity index (χ0n) is 16.7. The summed E-state index contributed by atoms with van der Waals surface area (Å²) in [4.78, 5) is 26.9. The number of methoxy groups -OCH3 is 1. The number of nitrogens with one attached hydrogen (secondary N) is 2. The van der Waals surface area contributed by atoms with E-state index in [2.05, 4.69) is 10.7 Å². The van der Waals surface area contributed by atoms with Gasteiger partial charge in [-0.05, 0) is 31.0 Å². The SMILES string of the molecule is COCCN1CNN(c2ccc(Cl)c(C(=O)NCC3(O)CCCCCC3)c2)C1=O. The van der Waals surface area contributed by atoms with Gasteiger partial charge in [0.2, 0.25) is 0 Å². The van der Waals surface area contributed by atoms with Gasteiger partial charge in [0.05, 0.1) is 35.2 Å².